The lowest BCUT2D eigenvalue weighted by Gasteiger charge is -2.15. The van der Waals surface area contributed by atoms with Gasteiger partial charge < -0.3 is 21.9 Å². The van der Waals surface area contributed by atoms with Crippen LogP contribution in [0.2, 0.25) is 0 Å². The predicted molar refractivity (Wildman–Crippen MR) is 110 cm³/mol. The SMILES string of the molecule is C/C=C\C.Cc1cc(CCCCC(N)=O)c(F)c(OCC(N)CCC(N)=O)c1. The van der Waals surface area contributed by atoms with Crippen molar-refractivity contribution in [3.63, 3.8) is 0 Å². The average molecular weight is 396 g/mol. The highest BCUT2D eigenvalue weighted by Gasteiger charge is 2.13. The molecule has 0 radical (unpaired) electrons. The Morgan fingerprint density at radius 1 is 1.11 bits per heavy atom. The van der Waals surface area contributed by atoms with Gasteiger partial charge in [-0.3, -0.25) is 9.59 Å². The fourth-order valence-electron chi connectivity index (χ4n) is 2.32. The Bertz CT molecular complexity index is 644. The zero-order valence-corrected chi connectivity index (χ0v) is 17.2. The number of hydrogen-bond donors (Lipinski definition) is 3. The second-order valence-corrected chi connectivity index (χ2v) is 6.65. The monoisotopic (exact) mass is 395 g/mol. The smallest absolute Gasteiger partial charge is 0.217 e. The van der Waals surface area contributed by atoms with Crippen LogP contribution in [0.5, 0.6) is 5.75 Å². The molecule has 2 amide bonds. The van der Waals surface area contributed by atoms with Crippen molar-refractivity contribution in [1.82, 2.24) is 0 Å². The van der Waals surface area contributed by atoms with E-state index in [0.717, 1.165) is 5.56 Å². The number of carbonyl (C=O) groups is 2. The van der Waals surface area contributed by atoms with Crippen molar-refractivity contribution < 1.29 is 18.7 Å². The number of hydrogen-bond acceptors (Lipinski definition) is 4. The minimum absolute atomic E-state index is 0.106. The molecule has 0 aromatic heterocycles. The third-order valence-corrected chi connectivity index (χ3v) is 3.93. The molecule has 0 fully saturated rings. The molecule has 0 aliphatic rings. The number of amides is 2. The molecule has 0 heterocycles. The van der Waals surface area contributed by atoms with E-state index >= 15 is 0 Å². The third kappa shape index (κ3) is 12.1. The molecule has 1 unspecified atom stereocenters. The van der Waals surface area contributed by atoms with Crippen molar-refractivity contribution in [1.29, 1.82) is 0 Å². The number of ether oxygens (including phenoxy) is 1. The Morgan fingerprint density at radius 3 is 2.25 bits per heavy atom. The van der Waals surface area contributed by atoms with E-state index in [2.05, 4.69) is 0 Å². The Labute approximate surface area is 167 Å². The molecule has 0 spiro atoms. The number of aryl methyl sites for hydroxylation is 2. The van der Waals surface area contributed by atoms with Gasteiger partial charge in [0.25, 0.3) is 0 Å². The number of rotatable bonds is 11. The zero-order valence-electron chi connectivity index (χ0n) is 17.2. The van der Waals surface area contributed by atoms with E-state index in [4.69, 9.17) is 21.9 Å². The first-order chi connectivity index (χ1) is 13.2. The van der Waals surface area contributed by atoms with Crippen molar-refractivity contribution in [3.8, 4) is 5.75 Å². The minimum atomic E-state index is -0.426. The highest BCUT2D eigenvalue weighted by Crippen LogP contribution is 2.24. The maximum atomic E-state index is 14.5. The van der Waals surface area contributed by atoms with Crippen molar-refractivity contribution in [2.45, 2.75) is 65.3 Å². The summed E-state index contributed by atoms with van der Waals surface area (Å²) >= 11 is 0. The molecule has 0 saturated carbocycles. The molecule has 7 heteroatoms. The number of allylic oxidation sites excluding steroid dienone is 2. The van der Waals surface area contributed by atoms with E-state index in [1.54, 1.807) is 12.1 Å². The van der Waals surface area contributed by atoms with Gasteiger partial charge >= 0.3 is 0 Å². The van der Waals surface area contributed by atoms with Crippen molar-refractivity contribution in [3.05, 3.63) is 41.2 Å². The van der Waals surface area contributed by atoms with Crippen LogP contribution in [0.4, 0.5) is 4.39 Å². The topological polar surface area (TPSA) is 121 Å². The van der Waals surface area contributed by atoms with Crippen LogP contribution >= 0.6 is 0 Å². The van der Waals surface area contributed by atoms with Gasteiger partial charge in [-0.2, -0.15) is 0 Å². The largest absolute Gasteiger partial charge is 0.489 e. The normalized spacial score (nSPS) is 11.6. The number of unbranched alkanes of at least 4 members (excludes halogenated alkanes) is 1. The molecule has 28 heavy (non-hydrogen) atoms. The Hall–Kier alpha value is -2.41. The van der Waals surface area contributed by atoms with Gasteiger partial charge in [-0.1, -0.05) is 18.2 Å². The van der Waals surface area contributed by atoms with Crippen molar-refractivity contribution in [2.24, 2.45) is 17.2 Å². The summed E-state index contributed by atoms with van der Waals surface area (Å²) in [7, 11) is 0. The van der Waals surface area contributed by atoms with Gasteiger partial charge in [-0.15, -0.1) is 0 Å². The molecule has 0 aliphatic carbocycles. The summed E-state index contributed by atoms with van der Waals surface area (Å²) < 4.78 is 19.9. The first kappa shape index (κ1) is 25.6. The number of halogens is 1. The van der Waals surface area contributed by atoms with Crippen LogP contribution in [0.1, 0.15) is 57.1 Å². The lowest BCUT2D eigenvalue weighted by Crippen LogP contribution is -2.29. The average Bonchev–Trinajstić information content (AvgIpc) is 2.64. The van der Waals surface area contributed by atoms with Crippen LogP contribution in [0.3, 0.4) is 0 Å². The van der Waals surface area contributed by atoms with E-state index in [-0.39, 0.29) is 24.7 Å². The standard InChI is InChI=1S/C17H26FN3O3.C4H8/c1-11-8-12(4-2-3-5-15(20)22)17(18)14(9-11)24-10-13(19)6-7-16(21)23;1-3-4-2/h8-9,13H,2-7,10,19H2,1H3,(H2,20,22)(H2,21,23);3-4H,1-2H3/b;4-3-. The van der Waals surface area contributed by atoms with E-state index in [1.807, 2.05) is 32.9 Å². The van der Waals surface area contributed by atoms with Crippen LogP contribution in [0.25, 0.3) is 0 Å². The minimum Gasteiger partial charge on any atom is -0.489 e. The van der Waals surface area contributed by atoms with Crippen LogP contribution in [0.15, 0.2) is 24.3 Å². The van der Waals surface area contributed by atoms with Gasteiger partial charge in [0.1, 0.15) is 6.61 Å². The second kappa shape index (κ2) is 14.6. The van der Waals surface area contributed by atoms with Crippen LogP contribution < -0.4 is 21.9 Å². The predicted octanol–water partition coefficient (Wildman–Crippen LogP) is 2.89. The van der Waals surface area contributed by atoms with E-state index in [9.17, 15) is 14.0 Å². The maximum Gasteiger partial charge on any atom is 0.217 e. The third-order valence-electron chi connectivity index (χ3n) is 3.93. The maximum absolute atomic E-state index is 14.5. The summed E-state index contributed by atoms with van der Waals surface area (Å²) in [6.07, 6.45) is 6.66. The van der Waals surface area contributed by atoms with E-state index < -0.39 is 17.8 Å². The van der Waals surface area contributed by atoms with E-state index in [1.165, 1.54) is 0 Å². The molecule has 1 rings (SSSR count). The highest BCUT2D eigenvalue weighted by atomic mass is 19.1. The highest BCUT2D eigenvalue weighted by molar-refractivity contribution is 5.73. The summed E-state index contributed by atoms with van der Waals surface area (Å²) in [5.74, 6) is -1.05. The Morgan fingerprint density at radius 2 is 1.71 bits per heavy atom. The molecule has 1 aromatic rings. The quantitative estimate of drug-likeness (QED) is 0.394. The molecular weight excluding hydrogens is 361 g/mol. The summed E-state index contributed by atoms with van der Waals surface area (Å²) in [5, 5.41) is 0. The summed E-state index contributed by atoms with van der Waals surface area (Å²) in [6.45, 7) is 5.96. The number of carbonyl (C=O) groups excluding carboxylic acids is 2. The summed E-state index contributed by atoms with van der Waals surface area (Å²) in [6, 6.07) is 2.99. The molecule has 158 valence electrons. The van der Waals surface area contributed by atoms with E-state index in [0.29, 0.717) is 37.7 Å². The molecule has 0 saturated heterocycles. The first-order valence-corrected chi connectivity index (χ1v) is 9.52. The molecule has 6 nitrogen and oxygen atoms in total. The fourth-order valence-corrected chi connectivity index (χ4v) is 2.32. The second-order valence-electron chi connectivity index (χ2n) is 6.65. The van der Waals surface area contributed by atoms with Gasteiger partial charge in [0.15, 0.2) is 11.6 Å². The summed E-state index contributed by atoms with van der Waals surface area (Å²) in [5.41, 5.74) is 17.4. The number of nitrogens with two attached hydrogens (primary N) is 3. The molecule has 0 aliphatic heterocycles. The lowest BCUT2D eigenvalue weighted by molar-refractivity contribution is -0.119. The molecule has 6 N–H and O–H groups in total. The number of primary amides is 2. The van der Waals surface area contributed by atoms with Crippen LogP contribution in [-0.2, 0) is 16.0 Å². The Balaban J connectivity index is 0.00000165. The van der Waals surface area contributed by atoms with Crippen molar-refractivity contribution >= 4 is 11.8 Å². The van der Waals surface area contributed by atoms with Crippen LogP contribution in [-0.4, -0.2) is 24.5 Å². The number of benzene rings is 1. The first-order valence-electron chi connectivity index (χ1n) is 9.52. The molecule has 1 atom stereocenters. The zero-order chi connectivity index (χ0) is 21.5. The van der Waals surface area contributed by atoms with Crippen LogP contribution in [0, 0.1) is 12.7 Å². The van der Waals surface area contributed by atoms with Crippen molar-refractivity contribution in [2.75, 3.05) is 6.61 Å². The molecule has 1 aromatic carbocycles. The van der Waals surface area contributed by atoms with Gasteiger partial charge in [0.2, 0.25) is 11.8 Å². The summed E-state index contributed by atoms with van der Waals surface area (Å²) in [4.78, 5) is 21.4. The van der Waals surface area contributed by atoms with Gasteiger partial charge in [-0.05, 0) is 63.6 Å². The molecular formula is C21H34FN3O3. The van der Waals surface area contributed by atoms with Gasteiger partial charge in [0.05, 0.1) is 0 Å². The lowest BCUT2D eigenvalue weighted by atomic mass is 10.0. The Kier molecular flexibility index (Phi) is 13.4. The van der Waals surface area contributed by atoms with Gasteiger partial charge in [0, 0.05) is 18.9 Å². The molecule has 0 bridgehead atoms. The fraction of sp³-hybridized carbons (Fsp3) is 0.524. The van der Waals surface area contributed by atoms with Gasteiger partial charge in [-0.25, -0.2) is 4.39 Å².